The number of aromatic nitrogens is 2. The highest BCUT2D eigenvalue weighted by molar-refractivity contribution is 5.61. The van der Waals surface area contributed by atoms with Crippen molar-refractivity contribution in [2.75, 3.05) is 67.2 Å². The zero-order valence-corrected chi connectivity index (χ0v) is 15.9. The molecule has 0 spiro atoms. The molecule has 28 heavy (non-hydrogen) atoms. The molecule has 1 aromatic heterocycles. The SMILES string of the molecule is Cc1cc(N2CCN(c3cccc(F)c3C#N)CC2)nc(N2CCOCC2)n1. The van der Waals surface area contributed by atoms with Crippen LogP contribution in [-0.2, 0) is 4.74 Å². The van der Waals surface area contributed by atoms with Crippen molar-refractivity contribution in [1.82, 2.24) is 9.97 Å². The fraction of sp³-hybridized carbons (Fsp3) is 0.450. The lowest BCUT2D eigenvalue weighted by Crippen LogP contribution is -2.47. The Balaban J connectivity index is 1.49. The fourth-order valence-electron chi connectivity index (χ4n) is 3.67. The van der Waals surface area contributed by atoms with E-state index in [1.54, 1.807) is 6.07 Å². The molecule has 0 bridgehead atoms. The number of morpholine rings is 1. The molecule has 2 saturated heterocycles. The van der Waals surface area contributed by atoms with Gasteiger partial charge in [-0.3, -0.25) is 0 Å². The summed E-state index contributed by atoms with van der Waals surface area (Å²) in [6.07, 6.45) is 0. The Labute approximate surface area is 164 Å². The molecule has 0 saturated carbocycles. The van der Waals surface area contributed by atoms with Gasteiger partial charge in [-0.15, -0.1) is 0 Å². The van der Waals surface area contributed by atoms with Gasteiger partial charge in [-0.1, -0.05) is 6.07 Å². The Kier molecular flexibility index (Phi) is 5.26. The highest BCUT2D eigenvalue weighted by atomic mass is 19.1. The monoisotopic (exact) mass is 382 g/mol. The van der Waals surface area contributed by atoms with Gasteiger partial charge in [0.1, 0.15) is 23.3 Å². The number of nitrogens with zero attached hydrogens (tertiary/aromatic N) is 6. The van der Waals surface area contributed by atoms with Gasteiger partial charge in [-0.2, -0.15) is 10.2 Å². The van der Waals surface area contributed by atoms with E-state index in [0.29, 0.717) is 32.0 Å². The summed E-state index contributed by atoms with van der Waals surface area (Å²) in [4.78, 5) is 15.8. The molecule has 0 radical (unpaired) electrons. The van der Waals surface area contributed by atoms with Gasteiger partial charge in [0.05, 0.1) is 18.9 Å². The van der Waals surface area contributed by atoms with E-state index in [4.69, 9.17) is 9.72 Å². The van der Waals surface area contributed by atoms with Crippen LogP contribution in [0.25, 0.3) is 0 Å². The van der Waals surface area contributed by atoms with Crippen molar-refractivity contribution in [1.29, 1.82) is 5.26 Å². The molecule has 0 unspecified atom stereocenters. The van der Waals surface area contributed by atoms with Crippen molar-refractivity contribution in [3.63, 3.8) is 0 Å². The Morgan fingerprint density at radius 3 is 2.43 bits per heavy atom. The molecular weight excluding hydrogens is 359 g/mol. The zero-order chi connectivity index (χ0) is 19.5. The first kappa shape index (κ1) is 18.4. The number of hydrogen-bond acceptors (Lipinski definition) is 7. The van der Waals surface area contributed by atoms with E-state index < -0.39 is 5.82 Å². The van der Waals surface area contributed by atoms with Gasteiger partial charge in [0, 0.05) is 51.0 Å². The van der Waals surface area contributed by atoms with Crippen LogP contribution in [0.3, 0.4) is 0 Å². The highest BCUT2D eigenvalue weighted by Gasteiger charge is 2.23. The predicted molar refractivity (Wildman–Crippen MR) is 105 cm³/mol. The van der Waals surface area contributed by atoms with E-state index in [9.17, 15) is 9.65 Å². The number of benzene rings is 1. The van der Waals surface area contributed by atoms with Gasteiger partial charge < -0.3 is 19.4 Å². The minimum atomic E-state index is -0.469. The Morgan fingerprint density at radius 1 is 1.00 bits per heavy atom. The van der Waals surface area contributed by atoms with E-state index in [1.807, 2.05) is 25.1 Å². The number of halogens is 1. The quantitative estimate of drug-likeness (QED) is 0.804. The van der Waals surface area contributed by atoms with Crippen molar-refractivity contribution >= 4 is 17.5 Å². The summed E-state index contributed by atoms with van der Waals surface area (Å²) >= 11 is 0. The van der Waals surface area contributed by atoms with Gasteiger partial charge in [0.15, 0.2) is 0 Å². The van der Waals surface area contributed by atoms with Crippen LogP contribution in [0.15, 0.2) is 24.3 Å². The zero-order valence-electron chi connectivity index (χ0n) is 15.9. The first-order valence-corrected chi connectivity index (χ1v) is 9.52. The van der Waals surface area contributed by atoms with Gasteiger partial charge >= 0.3 is 0 Å². The first-order chi connectivity index (χ1) is 13.7. The van der Waals surface area contributed by atoms with Crippen LogP contribution >= 0.6 is 0 Å². The molecule has 1 aromatic carbocycles. The minimum Gasteiger partial charge on any atom is -0.378 e. The molecule has 8 heteroatoms. The van der Waals surface area contributed by atoms with Crippen LogP contribution < -0.4 is 14.7 Å². The molecule has 146 valence electrons. The molecule has 0 aliphatic carbocycles. The molecule has 0 atom stereocenters. The molecule has 3 heterocycles. The summed E-state index contributed by atoms with van der Waals surface area (Å²) in [5.41, 5.74) is 1.71. The molecule has 0 amide bonds. The molecule has 7 nitrogen and oxygen atoms in total. The summed E-state index contributed by atoms with van der Waals surface area (Å²) in [5, 5.41) is 9.29. The smallest absolute Gasteiger partial charge is 0.227 e. The van der Waals surface area contributed by atoms with Gasteiger partial charge in [0.25, 0.3) is 0 Å². The second-order valence-corrected chi connectivity index (χ2v) is 6.99. The largest absolute Gasteiger partial charge is 0.378 e. The number of anilines is 3. The lowest BCUT2D eigenvalue weighted by molar-refractivity contribution is 0.122. The second-order valence-electron chi connectivity index (χ2n) is 6.99. The first-order valence-electron chi connectivity index (χ1n) is 9.52. The van der Waals surface area contributed by atoms with Crippen molar-refractivity contribution in [2.24, 2.45) is 0 Å². The third-order valence-corrected chi connectivity index (χ3v) is 5.17. The topological polar surface area (TPSA) is 68.5 Å². The number of rotatable bonds is 3. The van der Waals surface area contributed by atoms with Crippen LogP contribution in [0.5, 0.6) is 0 Å². The van der Waals surface area contributed by atoms with Crippen molar-refractivity contribution in [3.8, 4) is 6.07 Å². The predicted octanol–water partition coefficient (Wildman–Crippen LogP) is 1.96. The molecule has 4 rings (SSSR count). The summed E-state index contributed by atoms with van der Waals surface area (Å²) in [6.45, 7) is 7.88. The van der Waals surface area contributed by atoms with Crippen molar-refractivity contribution in [2.45, 2.75) is 6.92 Å². The summed E-state index contributed by atoms with van der Waals surface area (Å²) in [6, 6.07) is 8.78. The number of nitriles is 1. The third-order valence-electron chi connectivity index (χ3n) is 5.17. The lowest BCUT2D eigenvalue weighted by Gasteiger charge is -2.37. The maximum absolute atomic E-state index is 13.9. The molecule has 2 aromatic rings. The average Bonchev–Trinajstić information content (AvgIpc) is 2.74. The Morgan fingerprint density at radius 2 is 1.71 bits per heavy atom. The number of aryl methyl sites for hydroxylation is 1. The van der Waals surface area contributed by atoms with Gasteiger partial charge in [-0.05, 0) is 19.1 Å². The van der Waals surface area contributed by atoms with Crippen LogP contribution in [-0.4, -0.2) is 62.5 Å². The van der Waals surface area contributed by atoms with E-state index in [-0.39, 0.29) is 5.56 Å². The van der Waals surface area contributed by atoms with E-state index >= 15 is 0 Å². The van der Waals surface area contributed by atoms with Crippen LogP contribution in [0.2, 0.25) is 0 Å². The van der Waals surface area contributed by atoms with Crippen LogP contribution in [0, 0.1) is 24.1 Å². The van der Waals surface area contributed by atoms with Crippen molar-refractivity contribution < 1.29 is 9.13 Å². The maximum Gasteiger partial charge on any atom is 0.227 e. The molecule has 2 aliphatic rings. The maximum atomic E-state index is 13.9. The molecule has 2 aliphatic heterocycles. The molecule has 0 N–H and O–H groups in total. The van der Waals surface area contributed by atoms with Gasteiger partial charge in [-0.25, -0.2) is 9.37 Å². The Hall–Kier alpha value is -2.92. The van der Waals surface area contributed by atoms with E-state index in [0.717, 1.165) is 43.6 Å². The minimum absolute atomic E-state index is 0.114. The lowest BCUT2D eigenvalue weighted by atomic mass is 10.1. The van der Waals surface area contributed by atoms with Crippen LogP contribution in [0.1, 0.15) is 11.3 Å². The second kappa shape index (κ2) is 7.98. The van der Waals surface area contributed by atoms with Gasteiger partial charge in [0.2, 0.25) is 5.95 Å². The number of ether oxygens (including phenoxy) is 1. The summed E-state index contributed by atoms with van der Waals surface area (Å²) in [7, 11) is 0. The summed E-state index contributed by atoms with van der Waals surface area (Å²) < 4.78 is 19.3. The fourth-order valence-corrected chi connectivity index (χ4v) is 3.67. The summed E-state index contributed by atoms with van der Waals surface area (Å²) in [5.74, 6) is 1.19. The van der Waals surface area contributed by atoms with E-state index in [2.05, 4.69) is 19.7 Å². The number of piperazine rings is 1. The normalized spacial score (nSPS) is 17.5. The van der Waals surface area contributed by atoms with Crippen LogP contribution in [0.4, 0.5) is 21.8 Å². The van der Waals surface area contributed by atoms with Crippen molar-refractivity contribution in [3.05, 3.63) is 41.3 Å². The highest BCUT2D eigenvalue weighted by Crippen LogP contribution is 2.25. The van der Waals surface area contributed by atoms with E-state index in [1.165, 1.54) is 6.07 Å². The number of hydrogen-bond donors (Lipinski definition) is 0. The average molecular weight is 382 g/mol. The molecule has 2 fully saturated rings. The Bertz CT molecular complexity index is 885. The molecular formula is C20H23FN6O. The standard InChI is InChI=1S/C20H23FN6O/c1-15-13-19(24-20(23-15)27-9-11-28-12-10-27)26-7-5-25(6-8-26)18-4-2-3-17(21)16(18)14-22/h2-4,13H,5-12H2,1H3. The third kappa shape index (κ3) is 3.71.